The molecule has 0 heterocycles. The number of likely N-dealkylation sites (N-methyl/N-ethyl adjacent to an activating group) is 1. The molecule has 1 aliphatic carbocycles. The van der Waals surface area contributed by atoms with Crippen molar-refractivity contribution >= 4 is 18.0 Å². The molecule has 3 rings (SSSR count). The van der Waals surface area contributed by atoms with Gasteiger partial charge in [0.2, 0.25) is 5.91 Å². The molecule has 7 heteroatoms. The lowest BCUT2D eigenvalue weighted by Gasteiger charge is -2.23. The summed E-state index contributed by atoms with van der Waals surface area (Å²) in [5.74, 6) is -1.39. The minimum absolute atomic E-state index is 0.0365. The van der Waals surface area contributed by atoms with E-state index in [2.05, 4.69) is 29.6 Å². The molecule has 0 saturated heterocycles. The van der Waals surface area contributed by atoms with Crippen molar-refractivity contribution in [3.8, 4) is 11.1 Å². The van der Waals surface area contributed by atoms with E-state index in [1.807, 2.05) is 31.2 Å². The van der Waals surface area contributed by atoms with Crippen LogP contribution in [0.3, 0.4) is 0 Å². The molecule has 2 aromatic carbocycles. The van der Waals surface area contributed by atoms with Crippen LogP contribution in [0.15, 0.2) is 48.5 Å². The molecule has 0 unspecified atom stereocenters. The summed E-state index contributed by atoms with van der Waals surface area (Å²) in [7, 11) is 0. The highest BCUT2D eigenvalue weighted by Crippen LogP contribution is 2.44. The largest absolute Gasteiger partial charge is 0.480 e. The van der Waals surface area contributed by atoms with Gasteiger partial charge < -0.3 is 20.1 Å². The lowest BCUT2D eigenvalue weighted by atomic mass is 9.98. The van der Waals surface area contributed by atoms with Crippen LogP contribution in [0.5, 0.6) is 0 Å². The molecule has 0 spiro atoms. The molecule has 2 N–H and O–H groups in total. The topological polar surface area (TPSA) is 95.9 Å². The molecule has 1 atom stereocenters. The van der Waals surface area contributed by atoms with Gasteiger partial charge >= 0.3 is 12.1 Å². The van der Waals surface area contributed by atoms with Gasteiger partial charge in [0.25, 0.3) is 0 Å². The van der Waals surface area contributed by atoms with E-state index in [0.717, 1.165) is 28.7 Å². The van der Waals surface area contributed by atoms with Crippen molar-refractivity contribution in [1.82, 2.24) is 10.2 Å². The van der Waals surface area contributed by atoms with Crippen LogP contribution in [0.4, 0.5) is 4.79 Å². The monoisotopic (exact) mass is 438 g/mol. The summed E-state index contributed by atoms with van der Waals surface area (Å²) in [6, 6.07) is 15.8. The Labute approximate surface area is 188 Å². The number of carboxylic acids is 1. The number of carboxylic acid groups (broad SMARTS) is 1. The van der Waals surface area contributed by atoms with Crippen LogP contribution in [0.25, 0.3) is 11.1 Å². The molecule has 0 bridgehead atoms. The van der Waals surface area contributed by atoms with Gasteiger partial charge in [-0.25, -0.2) is 4.79 Å². The zero-order chi connectivity index (χ0) is 23.1. The Kier molecular flexibility index (Phi) is 7.87. The number of ether oxygens (including phenoxy) is 1. The second-order valence-corrected chi connectivity index (χ2v) is 7.96. The molecule has 2 aromatic rings. The Balaban J connectivity index is 1.61. The van der Waals surface area contributed by atoms with Crippen molar-refractivity contribution in [2.24, 2.45) is 0 Å². The molecular formula is C25H30N2O5. The van der Waals surface area contributed by atoms with Crippen LogP contribution < -0.4 is 5.32 Å². The summed E-state index contributed by atoms with van der Waals surface area (Å²) >= 11 is 0. The Hall–Kier alpha value is -3.35. The highest BCUT2D eigenvalue weighted by Gasteiger charge is 2.29. The van der Waals surface area contributed by atoms with E-state index in [1.54, 1.807) is 6.92 Å². The number of hydrogen-bond donors (Lipinski definition) is 2. The molecule has 0 aliphatic heterocycles. The van der Waals surface area contributed by atoms with E-state index in [0.29, 0.717) is 13.0 Å². The molecule has 32 heavy (non-hydrogen) atoms. The molecule has 2 amide bonds. The smallest absolute Gasteiger partial charge is 0.407 e. The Morgan fingerprint density at radius 3 is 2.16 bits per heavy atom. The zero-order valence-corrected chi connectivity index (χ0v) is 18.5. The minimum atomic E-state index is -1.06. The van der Waals surface area contributed by atoms with Gasteiger partial charge in [0.1, 0.15) is 13.2 Å². The maximum Gasteiger partial charge on any atom is 0.407 e. The molecule has 0 fully saturated rings. The number of rotatable bonds is 10. The maximum absolute atomic E-state index is 12.6. The quantitative estimate of drug-likeness (QED) is 0.584. The second-order valence-electron chi connectivity index (χ2n) is 7.96. The highest BCUT2D eigenvalue weighted by atomic mass is 16.5. The van der Waals surface area contributed by atoms with Crippen LogP contribution in [0, 0.1) is 0 Å². The lowest BCUT2D eigenvalue weighted by molar-refractivity contribution is -0.144. The number of aliphatic carboxylic acids is 1. The van der Waals surface area contributed by atoms with E-state index in [-0.39, 0.29) is 31.4 Å². The third-order valence-corrected chi connectivity index (χ3v) is 5.78. The van der Waals surface area contributed by atoms with Crippen molar-refractivity contribution in [2.45, 2.75) is 45.1 Å². The van der Waals surface area contributed by atoms with Crippen molar-refractivity contribution in [3.05, 3.63) is 59.7 Å². The Morgan fingerprint density at radius 2 is 1.62 bits per heavy atom. The molecule has 0 aromatic heterocycles. The molecule has 0 radical (unpaired) electrons. The number of carbonyl (C=O) groups is 3. The SMILES string of the molecule is CCC[C@H](CC(=O)N(CC)CC(=O)O)NC(=O)OCC1c2ccccc2-c2ccccc21. The number of hydrogen-bond acceptors (Lipinski definition) is 4. The van der Waals surface area contributed by atoms with Gasteiger partial charge in [-0.3, -0.25) is 9.59 Å². The summed E-state index contributed by atoms with van der Waals surface area (Å²) < 4.78 is 5.58. The standard InChI is InChI=1S/C25H30N2O5/c1-3-9-17(14-23(28)27(4-2)15-24(29)30)26-25(31)32-16-22-20-12-7-5-10-18(20)19-11-6-8-13-21(19)22/h5-8,10-13,17,22H,3-4,9,14-16H2,1-2H3,(H,26,31)(H,29,30)/t17-/m1/s1. The van der Waals surface area contributed by atoms with Gasteiger partial charge in [-0.1, -0.05) is 61.9 Å². The molecule has 170 valence electrons. The van der Waals surface area contributed by atoms with Crippen LogP contribution in [0.2, 0.25) is 0 Å². The Bertz CT molecular complexity index is 929. The van der Waals surface area contributed by atoms with E-state index < -0.39 is 18.1 Å². The fraction of sp³-hybridized carbons (Fsp3) is 0.400. The highest BCUT2D eigenvalue weighted by molar-refractivity contribution is 5.82. The van der Waals surface area contributed by atoms with Gasteiger partial charge in [-0.05, 0) is 35.6 Å². The predicted octanol–water partition coefficient (Wildman–Crippen LogP) is 4.02. The maximum atomic E-state index is 12.6. The summed E-state index contributed by atoms with van der Waals surface area (Å²) in [6.07, 6.45) is 0.839. The molecule has 7 nitrogen and oxygen atoms in total. The van der Waals surface area contributed by atoms with Crippen molar-refractivity contribution < 1.29 is 24.2 Å². The molecule has 1 aliphatic rings. The van der Waals surface area contributed by atoms with Crippen LogP contribution in [-0.4, -0.2) is 53.7 Å². The summed E-state index contributed by atoms with van der Waals surface area (Å²) in [6.45, 7) is 3.85. The zero-order valence-electron chi connectivity index (χ0n) is 18.5. The van der Waals surface area contributed by atoms with Gasteiger partial charge in [0, 0.05) is 24.9 Å². The van der Waals surface area contributed by atoms with Crippen molar-refractivity contribution in [2.75, 3.05) is 19.7 Å². The number of nitrogens with zero attached hydrogens (tertiary/aromatic N) is 1. The summed E-state index contributed by atoms with van der Waals surface area (Å²) in [4.78, 5) is 37.3. The van der Waals surface area contributed by atoms with Crippen LogP contribution in [0.1, 0.15) is 50.2 Å². The first-order valence-corrected chi connectivity index (χ1v) is 11.1. The number of nitrogens with one attached hydrogen (secondary N) is 1. The van der Waals surface area contributed by atoms with Crippen molar-refractivity contribution in [3.63, 3.8) is 0 Å². The number of benzene rings is 2. The fourth-order valence-corrected chi connectivity index (χ4v) is 4.26. The van der Waals surface area contributed by atoms with Gasteiger partial charge in [-0.15, -0.1) is 0 Å². The number of carbonyl (C=O) groups excluding carboxylic acids is 2. The van der Waals surface area contributed by atoms with Gasteiger partial charge in [-0.2, -0.15) is 0 Å². The lowest BCUT2D eigenvalue weighted by Crippen LogP contribution is -2.42. The third kappa shape index (κ3) is 5.46. The molecule has 0 saturated carbocycles. The predicted molar refractivity (Wildman–Crippen MR) is 121 cm³/mol. The number of alkyl carbamates (subject to hydrolysis) is 1. The third-order valence-electron chi connectivity index (χ3n) is 5.78. The number of amides is 2. The normalized spacial score (nSPS) is 13.1. The van der Waals surface area contributed by atoms with E-state index >= 15 is 0 Å². The van der Waals surface area contributed by atoms with Crippen LogP contribution >= 0.6 is 0 Å². The second kappa shape index (κ2) is 10.8. The van der Waals surface area contributed by atoms with E-state index in [4.69, 9.17) is 9.84 Å². The first-order valence-electron chi connectivity index (χ1n) is 11.1. The fourth-order valence-electron chi connectivity index (χ4n) is 4.26. The van der Waals surface area contributed by atoms with Gasteiger partial charge in [0.15, 0.2) is 0 Å². The summed E-state index contributed by atoms with van der Waals surface area (Å²) in [5, 5.41) is 11.8. The van der Waals surface area contributed by atoms with Gasteiger partial charge in [0.05, 0.1) is 0 Å². The minimum Gasteiger partial charge on any atom is -0.480 e. The molecular weight excluding hydrogens is 408 g/mol. The van der Waals surface area contributed by atoms with Crippen molar-refractivity contribution in [1.29, 1.82) is 0 Å². The van der Waals surface area contributed by atoms with E-state index in [1.165, 1.54) is 4.90 Å². The average Bonchev–Trinajstić information content (AvgIpc) is 3.09. The number of fused-ring (bicyclic) bond motifs is 3. The average molecular weight is 439 g/mol. The van der Waals surface area contributed by atoms with E-state index in [9.17, 15) is 14.4 Å². The van der Waals surface area contributed by atoms with Crippen LogP contribution in [-0.2, 0) is 14.3 Å². The first kappa shape index (κ1) is 23.3. The summed E-state index contributed by atoms with van der Waals surface area (Å²) in [5.41, 5.74) is 4.58. The Morgan fingerprint density at radius 1 is 1.03 bits per heavy atom. The first-order chi connectivity index (χ1) is 15.4.